The lowest BCUT2D eigenvalue weighted by Crippen LogP contribution is -2.20. The van der Waals surface area contributed by atoms with Crippen LogP contribution in [0, 0.1) is 12.7 Å². The van der Waals surface area contributed by atoms with Gasteiger partial charge in [-0.05, 0) is 24.6 Å². The average molecular weight is 287 g/mol. The van der Waals surface area contributed by atoms with Crippen LogP contribution in [0.5, 0.6) is 5.75 Å². The molecular formula is C9H7BrF4O. The van der Waals surface area contributed by atoms with Gasteiger partial charge in [0.15, 0.2) is 18.2 Å². The van der Waals surface area contributed by atoms with Crippen LogP contribution in [-0.2, 0) is 0 Å². The quantitative estimate of drug-likeness (QED) is 0.751. The molecule has 0 spiro atoms. The smallest absolute Gasteiger partial charge is 0.422 e. The summed E-state index contributed by atoms with van der Waals surface area (Å²) in [6.07, 6.45) is -4.47. The molecular weight excluding hydrogens is 280 g/mol. The number of ether oxygens (including phenoxy) is 1. The van der Waals surface area contributed by atoms with E-state index in [1.807, 2.05) is 0 Å². The van der Waals surface area contributed by atoms with Crippen molar-refractivity contribution in [2.75, 3.05) is 6.61 Å². The van der Waals surface area contributed by atoms with E-state index in [-0.39, 0.29) is 5.75 Å². The van der Waals surface area contributed by atoms with E-state index < -0.39 is 18.6 Å². The second-order valence-corrected chi connectivity index (χ2v) is 3.85. The molecule has 0 saturated heterocycles. The fourth-order valence-corrected chi connectivity index (χ4v) is 1.57. The lowest BCUT2D eigenvalue weighted by Gasteiger charge is -2.12. The van der Waals surface area contributed by atoms with E-state index in [0.29, 0.717) is 10.0 Å². The summed E-state index contributed by atoms with van der Waals surface area (Å²) < 4.78 is 53.5. The van der Waals surface area contributed by atoms with E-state index in [1.165, 1.54) is 13.0 Å². The minimum Gasteiger partial charge on any atom is -0.481 e. The third-order valence-electron chi connectivity index (χ3n) is 1.57. The Hall–Kier alpha value is -0.780. The molecule has 0 aliphatic heterocycles. The van der Waals surface area contributed by atoms with Crippen molar-refractivity contribution in [1.82, 2.24) is 0 Å². The van der Waals surface area contributed by atoms with E-state index in [4.69, 9.17) is 0 Å². The zero-order valence-electron chi connectivity index (χ0n) is 7.66. The maximum absolute atomic E-state index is 13.2. The number of aryl methyl sites for hydroxylation is 1. The van der Waals surface area contributed by atoms with Gasteiger partial charge in [-0.25, -0.2) is 4.39 Å². The Morgan fingerprint density at radius 1 is 1.33 bits per heavy atom. The van der Waals surface area contributed by atoms with Crippen LogP contribution in [0.1, 0.15) is 5.56 Å². The van der Waals surface area contributed by atoms with Gasteiger partial charge in [0, 0.05) is 4.47 Å². The highest BCUT2D eigenvalue weighted by Gasteiger charge is 2.29. The molecule has 6 heteroatoms. The lowest BCUT2D eigenvalue weighted by molar-refractivity contribution is -0.153. The molecule has 0 aromatic heterocycles. The number of hydrogen-bond donors (Lipinski definition) is 0. The average Bonchev–Trinajstić information content (AvgIpc) is 1.99. The predicted molar refractivity (Wildman–Crippen MR) is 50.4 cm³/mol. The van der Waals surface area contributed by atoms with E-state index in [0.717, 1.165) is 6.07 Å². The number of halogens is 5. The minimum absolute atomic E-state index is 0.311. The highest BCUT2D eigenvalue weighted by atomic mass is 79.9. The zero-order chi connectivity index (χ0) is 11.6. The maximum Gasteiger partial charge on any atom is 0.422 e. The van der Waals surface area contributed by atoms with E-state index in [9.17, 15) is 17.6 Å². The molecule has 0 bridgehead atoms. The van der Waals surface area contributed by atoms with Gasteiger partial charge >= 0.3 is 6.18 Å². The summed E-state index contributed by atoms with van der Waals surface area (Å²) in [6.45, 7) is -0.0219. The third kappa shape index (κ3) is 3.70. The molecule has 0 N–H and O–H groups in total. The molecule has 0 amide bonds. The van der Waals surface area contributed by atoms with Crippen LogP contribution in [-0.4, -0.2) is 12.8 Å². The highest BCUT2D eigenvalue weighted by Crippen LogP contribution is 2.28. The fraction of sp³-hybridized carbons (Fsp3) is 0.333. The molecule has 0 aliphatic carbocycles. The van der Waals surface area contributed by atoms with Crippen LogP contribution in [0.2, 0.25) is 0 Å². The Bertz CT molecular complexity index is 339. The van der Waals surface area contributed by atoms with Crippen molar-refractivity contribution in [3.63, 3.8) is 0 Å². The number of hydrogen-bond acceptors (Lipinski definition) is 1. The molecule has 0 fully saturated rings. The number of benzene rings is 1. The first-order valence-corrected chi connectivity index (χ1v) is 4.74. The largest absolute Gasteiger partial charge is 0.481 e. The highest BCUT2D eigenvalue weighted by molar-refractivity contribution is 9.10. The summed E-state index contributed by atoms with van der Waals surface area (Å²) in [5.74, 6) is -1.18. The van der Waals surface area contributed by atoms with Gasteiger partial charge in [-0.1, -0.05) is 15.9 Å². The maximum atomic E-state index is 13.2. The summed E-state index contributed by atoms with van der Waals surface area (Å²) in [7, 11) is 0. The Morgan fingerprint density at radius 2 is 1.93 bits per heavy atom. The molecule has 0 radical (unpaired) electrons. The van der Waals surface area contributed by atoms with Crippen LogP contribution in [0.15, 0.2) is 16.6 Å². The molecule has 0 saturated carbocycles. The van der Waals surface area contributed by atoms with Crippen molar-refractivity contribution in [3.05, 3.63) is 28.0 Å². The molecule has 1 rings (SSSR count). The summed E-state index contributed by atoms with van der Waals surface area (Å²) in [5.41, 5.74) is 0.311. The fourth-order valence-electron chi connectivity index (χ4n) is 1.03. The van der Waals surface area contributed by atoms with Crippen LogP contribution in [0.25, 0.3) is 0 Å². The molecule has 0 aliphatic rings. The molecule has 0 heterocycles. The first-order chi connectivity index (χ1) is 6.79. The lowest BCUT2D eigenvalue weighted by atomic mass is 10.2. The monoisotopic (exact) mass is 286 g/mol. The van der Waals surface area contributed by atoms with Crippen LogP contribution in [0.3, 0.4) is 0 Å². The van der Waals surface area contributed by atoms with Crippen LogP contribution < -0.4 is 4.74 Å². The molecule has 1 aromatic rings. The molecule has 0 atom stereocenters. The molecule has 15 heavy (non-hydrogen) atoms. The first kappa shape index (κ1) is 12.3. The Kier molecular flexibility index (Phi) is 3.59. The number of alkyl halides is 3. The minimum atomic E-state index is -4.47. The number of rotatable bonds is 2. The van der Waals surface area contributed by atoms with Gasteiger partial charge in [0.2, 0.25) is 0 Å². The second kappa shape index (κ2) is 4.38. The Morgan fingerprint density at radius 3 is 2.40 bits per heavy atom. The van der Waals surface area contributed by atoms with Gasteiger partial charge in [0.1, 0.15) is 0 Å². The summed E-state index contributed by atoms with van der Waals surface area (Å²) in [4.78, 5) is 0. The predicted octanol–water partition coefficient (Wildman–Crippen LogP) is 3.84. The van der Waals surface area contributed by atoms with Gasteiger partial charge in [0.05, 0.1) is 0 Å². The Labute approximate surface area is 92.2 Å². The molecule has 1 aromatic carbocycles. The standard InChI is InChI=1S/C9H7BrF4O/c1-5-2-6(10)3-7(11)8(5)15-4-9(12,13)14/h2-3H,4H2,1H3. The third-order valence-corrected chi connectivity index (χ3v) is 2.03. The van der Waals surface area contributed by atoms with Crippen LogP contribution in [0.4, 0.5) is 17.6 Å². The van der Waals surface area contributed by atoms with Crippen LogP contribution >= 0.6 is 15.9 Å². The SMILES string of the molecule is Cc1cc(Br)cc(F)c1OCC(F)(F)F. The summed E-state index contributed by atoms with van der Waals surface area (Å²) in [6, 6.07) is 2.54. The normalized spacial score (nSPS) is 11.6. The summed E-state index contributed by atoms with van der Waals surface area (Å²) >= 11 is 3.02. The van der Waals surface area contributed by atoms with Crippen molar-refractivity contribution in [2.24, 2.45) is 0 Å². The molecule has 1 nitrogen and oxygen atoms in total. The van der Waals surface area contributed by atoms with Crippen molar-refractivity contribution < 1.29 is 22.3 Å². The topological polar surface area (TPSA) is 9.23 Å². The van der Waals surface area contributed by atoms with Crippen molar-refractivity contribution >= 4 is 15.9 Å². The summed E-state index contributed by atoms with van der Waals surface area (Å²) in [5, 5.41) is 0. The Balaban J connectivity index is 2.86. The van der Waals surface area contributed by atoms with Gasteiger partial charge in [-0.15, -0.1) is 0 Å². The van der Waals surface area contributed by atoms with E-state index in [2.05, 4.69) is 20.7 Å². The van der Waals surface area contributed by atoms with E-state index >= 15 is 0 Å². The molecule has 0 unspecified atom stereocenters. The van der Waals surface area contributed by atoms with Gasteiger partial charge < -0.3 is 4.74 Å². The van der Waals surface area contributed by atoms with Crippen molar-refractivity contribution in [1.29, 1.82) is 0 Å². The molecule has 84 valence electrons. The first-order valence-electron chi connectivity index (χ1n) is 3.95. The van der Waals surface area contributed by atoms with Crippen molar-refractivity contribution in [2.45, 2.75) is 13.1 Å². The van der Waals surface area contributed by atoms with Crippen molar-refractivity contribution in [3.8, 4) is 5.75 Å². The van der Waals surface area contributed by atoms with Gasteiger partial charge in [-0.3, -0.25) is 0 Å². The van der Waals surface area contributed by atoms with E-state index in [1.54, 1.807) is 0 Å². The van der Waals surface area contributed by atoms with Gasteiger partial charge in [0.25, 0.3) is 0 Å². The van der Waals surface area contributed by atoms with Gasteiger partial charge in [-0.2, -0.15) is 13.2 Å². The zero-order valence-corrected chi connectivity index (χ0v) is 9.25. The second-order valence-electron chi connectivity index (χ2n) is 2.94.